The minimum absolute atomic E-state index is 0.262. The highest BCUT2D eigenvalue weighted by Gasteiger charge is 2.65. The summed E-state index contributed by atoms with van der Waals surface area (Å²) in [5.41, 5.74) is 2.11. The van der Waals surface area contributed by atoms with Gasteiger partial charge in [0.25, 0.3) is 0 Å². The minimum atomic E-state index is -3.68. The first-order valence-electron chi connectivity index (χ1n) is 10.6. The zero-order chi connectivity index (χ0) is 21.5. The SMILES string of the molecule is CC1(C)OC2C(O1)C1c3cc4ccccc4cc3C2C(Cl)C1S(=O)(=O)c1ccccc1. The van der Waals surface area contributed by atoms with Crippen molar-refractivity contribution in [1.29, 1.82) is 0 Å². The number of hydrogen-bond acceptors (Lipinski definition) is 4. The molecule has 3 aliphatic carbocycles. The Kier molecular flexibility index (Phi) is 4.17. The van der Waals surface area contributed by atoms with Gasteiger partial charge in [0, 0.05) is 11.8 Å². The van der Waals surface area contributed by atoms with Crippen LogP contribution in [0.15, 0.2) is 71.6 Å². The molecule has 3 aromatic carbocycles. The second kappa shape index (κ2) is 6.55. The maximum absolute atomic E-state index is 13.8. The van der Waals surface area contributed by atoms with Crippen LogP contribution in [-0.2, 0) is 19.3 Å². The van der Waals surface area contributed by atoms with Crippen molar-refractivity contribution in [2.24, 2.45) is 0 Å². The summed E-state index contributed by atoms with van der Waals surface area (Å²) in [7, 11) is -3.68. The van der Waals surface area contributed by atoms with E-state index in [9.17, 15) is 8.42 Å². The molecule has 6 atom stereocenters. The Bertz CT molecular complexity index is 1290. The Balaban J connectivity index is 1.59. The van der Waals surface area contributed by atoms with Gasteiger partial charge in [0.1, 0.15) is 0 Å². The zero-order valence-electron chi connectivity index (χ0n) is 17.2. The lowest BCUT2D eigenvalue weighted by molar-refractivity contribution is -0.147. The number of ether oxygens (including phenoxy) is 2. The van der Waals surface area contributed by atoms with E-state index in [1.165, 1.54) is 0 Å². The molecule has 6 unspecified atom stereocenters. The molecule has 1 saturated carbocycles. The molecule has 7 rings (SSSR count). The maximum atomic E-state index is 13.8. The second-order valence-corrected chi connectivity index (χ2v) is 11.8. The van der Waals surface area contributed by atoms with Gasteiger partial charge in [-0.25, -0.2) is 8.42 Å². The summed E-state index contributed by atoms with van der Waals surface area (Å²) in [5.74, 6) is -1.44. The summed E-state index contributed by atoms with van der Waals surface area (Å²) in [6.07, 6.45) is -0.620. The largest absolute Gasteiger partial charge is 0.344 e. The molecule has 4 nitrogen and oxygen atoms in total. The van der Waals surface area contributed by atoms with E-state index in [1.807, 2.05) is 32.0 Å². The van der Waals surface area contributed by atoms with Gasteiger partial charge in [-0.05, 0) is 47.9 Å². The van der Waals surface area contributed by atoms with E-state index in [4.69, 9.17) is 21.1 Å². The first-order chi connectivity index (χ1) is 14.8. The fourth-order valence-corrected chi connectivity index (χ4v) is 8.72. The quantitative estimate of drug-likeness (QED) is 0.511. The number of fused-ring (bicyclic) bond motifs is 2. The monoisotopic (exact) mass is 454 g/mol. The highest BCUT2D eigenvalue weighted by Crippen LogP contribution is 2.60. The molecule has 31 heavy (non-hydrogen) atoms. The van der Waals surface area contributed by atoms with Gasteiger partial charge >= 0.3 is 0 Å². The van der Waals surface area contributed by atoms with Gasteiger partial charge in [0.05, 0.1) is 27.7 Å². The average molecular weight is 455 g/mol. The number of rotatable bonds is 2. The lowest BCUT2D eigenvalue weighted by Gasteiger charge is -2.51. The molecule has 2 fully saturated rings. The van der Waals surface area contributed by atoms with Crippen LogP contribution in [-0.4, -0.2) is 37.0 Å². The van der Waals surface area contributed by atoms with E-state index < -0.39 is 32.2 Å². The number of hydrogen-bond donors (Lipinski definition) is 0. The number of benzene rings is 3. The number of halogens is 1. The molecule has 2 bridgehead atoms. The van der Waals surface area contributed by atoms with E-state index in [2.05, 4.69) is 24.3 Å². The number of sulfone groups is 1. The van der Waals surface area contributed by atoms with Crippen molar-refractivity contribution in [2.45, 2.75) is 59.2 Å². The van der Waals surface area contributed by atoms with Gasteiger partial charge in [-0.1, -0.05) is 54.6 Å². The smallest absolute Gasteiger partial charge is 0.183 e. The standard InChI is InChI=1S/C25H23ClO4S/c1-25(2)29-22-19-17-12-14-8-6-7-9-15(14)13-18(17)20(23(22)30-25)24(21(19)26)31(27,28)16-10-4-3-5-11-16/h3-13,19-24H,1-2H3. The van der Waals surface area contributed by atoms with Gasteiger partial charge in [-0.3, -0.25) is 0 Å². The summed E-state index contributed by atoms with van der Waals surface area (Å²) >= 11 is 7.04. The molecule has 0 aromatic heterocycles. The van der Waals surface area contributed by atoms with E-state index in [-0.39, 0.29) is 18.1 Å². The predicted molar refractivity (Wildman–Crippen MR) is 120 cm³/mol. The molecule has 0 radical (unpaired) electrons. The first kappa shape index (κ1) is 19.7. The zero-order valence-corrected chi connectivity index (χ0v) is 18.8. The lowest BCUT2D eigenvalue weighted by atomic mass is 9.63. The van der Waals surface area contributed by atoms with Crippen molar-refractivity contribution in [2.75, 3.05) is 0 Å². The van der Waals surface area contributed by atoms with Crippen LogP contribution in [0.1, 0.15) is 36.8 Å². The summed E-state index contributed by atoms with van der Waals surface area (Å²) in [4.78, 5) is 0.301. The van der Waals surface area contributed by atoms with Gasteiger partial charge in [0.2, 0.25) is 0 Å². The third kappa shape index (κ3) is 2.77. The van der Waals surface area contributed by atoms with Crippen molar-refractivity contribution >= 4 is 32.2 Å². The van der Waals surface area contributed by atoms with Crippen LogP contribution in [0.4, 0.5) is 0 Å². The Labute approximate surface area is 187 Å². The highest BCUT2D eigenvalue weighted by atomic mass is 35.5. The molecule has 160 valence electrons. The van der Waals surface area contributed by atoms with Crippen LogP contribution in [0.2, 0.25) is 0 Å². The molecule has 4 aliphatic rings. The fraction of sp³-hybridized carbons (Fsp3) is 0.360. The van der Waals surface area contributed by atoms with Crippen molar-refractivity contribution in [3.05, 3.63) is 77.9 Å². The molecule has 0 amide bonds. The summed E-state index contributed by atoms with van der Waals surface area (Å²) in [6.45, 7) is 3.77. The van der Waals surface area contributed by atoms with Crippen LogP contribution < -0.4 is 0 Å². The normalized spacial score (nSPS) is 33.3. The van der Waals surface area contributed by atoms with Crippen LogP contribution >= 0.6 is 11.6 Å². The third-order valence-electron chi connectivity index (χ3n) is 6.98. The molecular weight excluding hydrogens is 432 g/mol. The molecule has 0 N–H and O–H groups in total. The van der Waals surface area contributed by atoms with E-state index >= 15 is 0 Å². The Morgan fingerprint density at radius 3 is 1.94 bits per heavy atom. The lowest BCUT2D eigenvalue weighted by Crippen LogP contribution is -2.59. The van der Waals surface area contributed by atoms with Crippen molar-refractivity contribution < 1.29 is 17.9 Å². The average Bonchev–Trinajstić information content (AvgIpc) is 3.08. The Morgan fingerprint density at radius 1 is 0.806 bits per heavy atom. The minimum Gasteiger partial charge on any atom is -0.344 e. The van der Waals surface area contributed by atoms with Crippen molar-refractivity contribution in [3.63, 3.8) is 0 Å². The van der Waals surface area contributed by atoms with Crippen LogP contribution in [0.5, 0.6) is 0 Å². The number of alkyl halides is 1. The Morgan fingerprint density at radius 2 is 1.32 bits per heavy atom. The van der Waals surface area contributed by atoms with E-state index in [0.717, 1.165) is 21.9 Å². The van der Waals surface area contributed by atoms with Gasteiger partial charge < -0.3 is 9.47 Å². The fourth-order valence-electron chi connectivity index (χ4n) is 5.83. The summed E-state index contributed by atoms with van der Waals surface area (Å²) < 4.78 is 40.3. The molecule has 1 saturated heterocycles. The van der Waals surface area contributed by atoms with Crippen molar-refractivity contribution in [1.82, 2.24) is 0 Å². The summed E-state index contributed by atoms with van der Waals surface area (Å²) in [5, 5.41) is 0.817. The van der Waals surface area contributed by atoms with Gasteiger partial charge in [-0.2, -0.15) is 0 Å². The first-order valence-corrected chi connectivity index (χ1v) is 12.6. The van der Waals surface area contributed by atoms with E-state index in [1.54, 1.807) is 24.3 Å². The Hall–Kier alpha value is -1.92. The molecule has 0 spiro atoms. The highest BCUT2D eigenvalue weighted by molar-refractivity contribution is 7.92. The van der Waals surface area contributed by atoms with Gasteiger partial charge in [0.15, 0.2) is 15.6 Å². The van der Waals surface area contributed by atoms with Crippen LogP contribution in [0.3, 0.4) is 0 Å². The molecule has 3 aromatic rings. The van der Waals surface area contributed by atoms with Gasteiger partial charge in [-0.15, -0.1) is 11.6 Å². The molecular formula is C25H23ClO4S. The van der Waals surface area contributed by atoms with Crippen molar-refractivity contribution in [3.8, 4) is 0 Å². The van der Waals surface area contributed by atoms with Crippen LogP contribution in [0, 0.1) is 0 Å². The molecule has 1 aliphatic heterocycles. The topological polar surface area (TPSA) is 52.6 Å². The maximum Gasteiger partial charge on any atom is 0.183 e. The van der Waals surface area contributed by atoms with E-state index in [0.29, 0.717) is 4.90 Å². The molecule has 6 heteroatoms. The summed E-state index contributed by atoms with van der Waals surface area (Å²) in [6, 6.07) is 21.1. The molecule has 1 heterocycles. The van der Waals surface area contributed by atoms with Crippen LogP contribution in [0.25, 0.3) is 10.8 Å². The predicted octanol–water partition coefficient (Wildman–Crippen LogP) is 5.00. The third-order valence-corrected chi connectivity index (χ3v) is 9.91. The second-order valence-electron chi connectivity index (χ2n) is 9.21.